The van der Waals surface area contributed by atoms with E-state index in [9.17, 15) is 38.2 Å². The Morgan fingerprint density at radius 3 is 2.11 bits per heavy atom. The van der Waals surface area contributed by atoms with Crippen LogP contribution in [0.1, 0.15) is 5.56 Å². The SMILES string of the molecule is O=CN(c1ccc(Cl)cc1Cl)c1c([N+](=O)[O-])cc([N+](=O)[O-])cc1C(F)(F)F. The van der Waals surface area contributed by atoms with E-state index in [-0.39, 0.29) is 33.1 Å². The van der Waals surface area contributed by atoms with Gasteiger partial charge in [-0.25, -0.2) is 0 Å². The average Bonchev–Trinajstić information content (AvgIpc) is 2.55. The second-order valence-corrected chi connectivity index (χ2v) is 5.79. The Balaban J connectivity index is 2.92. The molecule has 0 saturated carbocycles. The highest BCUT2D eigenvalue weighted by atomic mass is 35.5. The number of nitro benzene ring substituents is 2. The van der Waals surface area contributed by atoms with E-state index in [4.69, 9.17) is 23.2 Å². The van der Waals surface area contributed by atoms with Crippen molar-refractivity contribution in [1.82, 2.24) is 0 Å². The molecule has 142 valence electrons. The van der Waals surface area contributed by atoms with Crippen LogP contribution < -0.4 is 4.90 Å². The van der Waals surface area contributed by atoms with Gasteiger partial charge in [-0.3, -0.25) is 29.9 Å². The van der Waals surface area contributed by atoms with Gasteiger partial charge in [0.05, 0.1) is 32.2 Å². The summed E-state index contributed by atoms with van der Waals surface area (Å²) in [6.07, 6.45) is -5.37. The minimum atomic E-state index is -5.24. The van der Waals surface area contributed by atoms with Gasteiger partial charge in [0.1, 0.15) is 5.69 Å². The molecule has 0 saturated heterocycles. The summed E-state index contributed by atoms with van der Waals surface area (Å²) < 4.78 is 40.4. The van der Waals surface area contributed by atoms with E-state index in [1.807, 2.05) is 0 Å². The molecule has 0 aliphatic rings. The maximum absolute atomic E-state index is 13.5. The van der Waals surface area contributed by atoms with E-state index >= 15 is 0 Å². The van der Waals surface area contributed by atoms with Gasteiger partial charge in [0.2, 0.25) is 6.41 Å². The summed E-state index contributed by atoms with van der Waals surface area (Å²) in [7, 11) is 0. The van der Waals surface area contributed by atoms with Crippen molar-refractivity contribution in [1.29, 1.82) is 0 Å². The van der Waals surface area contributed by atoms with Crippen LogP contribution >= 0.6 is 23.2 Å². The lowest BCUT2D eigenvalue weighted by molar-refractivity contribution is -0.394. The van der Waals surface area contributed by atoms with Crippen LogP contribution in [0.5, 0.6) is 0 Å². The van der Waals surface area contributed by atoms with Crippen LogP contribution in [-0.4, -0.2) is 16.3 Å². The fraction of sp³-hybridized carbons (Fsp3) is 0.0714. The first-order valence-electron chi connectivity index (χ1n) is 6.71. The van der Waals surface area contributed by atoms with Crippen LogP contribution in [0.15, 0.2) is 30.3 Å². The number of carbonyl (C=O) groups excluding carboxylic acids is 1. The minimum absolute atomic E-state index is 0.0999. The van der Waals surface area contributed by atoms with Gasteiger partial charge < -0.3 is 0 Å². The molecular weight excluding hydrogens is 418 g/mol. The molecule has 1 amide bonds. The van der Waals surface area contributed by atoms with E-state index < -0.39 is 38.6 Å². The van der Waals surface area contributed by atoms with Crippen molar-refractivity contribution < 1.29 is 27.8 Å². The Hall–Kier alpha value is -2.92. The smallest absolute Gasteiger partial charge is 0.278 e. The topological polar surface area (TPSA) is 107 Å². The van der Waals surface area contributed by atoms with E-state index in [0.717, 1.165) is 12.1 Å². The third-order valence-electron chi connectivity index (χ3n) is 3.30. The fourth-order valence-electron chi connectivity index (χ4n) is 2.22. The summed E-state index contributed by atoms with van der Waals surface area (Å²) in [6.45, 7) is 0. The Morgan fingerprint density at radius 1 is 1.04 bits per heavy atom. The molecule has 27 heavy (non-hydrogen) atoms. The van der Waals surface area contributed by atoms with E-state index in [1.54, 1.807) is 0 Å². The zero-order chi connectivity index (χ0) is 20.5. The fourth-order valence-corrected chi connectivity index (χ4v) is 2.72. The molecule has 0 unspecified atom stereocenters. The second-order valence-electron chi connectivity index (χ2n) is 4.94. The predicted octanol–water partition coefficient (Wildman–Crippen LogP) is 5.12. The van der Waals surface area contributed by atoms with Gasteiger partial charge in [0, 0.05) is 11.1 Å². The molecule has 0 aliphatic carbocycles. The summed E-state index contributed by atoms with van der Waals surface area (Å²) >= 11 is 11.6. The predicted molar refractivity (Wildman–Crippen MR) is 89.4 cm³/mol. The van der Waals surface area contributed by atoms with Crippen LogP contribution in [-0.2, 0) is 11.0 Å². The number of nitro groups is 2. The summed E-state index contributed by atoms with van der Waals surface area (Å²) in [5.41, 5.74) is -5.75. The third kappa shape index (κ3) is 4.09. The molecule has 2 aromatic carbocycles. The standard InChI is InChI=1S/C14H6Cl2F3N3O5/c15-7-1-2-11(10(16)3-7)20(6-23)13-9(14(17,18)19)4-8(21(24)25)5-12(13)22(26)27/h1-6H. The number of nitrogens with zero attached hydrogens (tertiary/aromatic N) is 3. The molecule has 0 aromatic heterocycles. The summed E-state index contributed by atoms with van der Waals surface area (Å²) in [5.74, 6) is 0. The first kappa shape index (κ1) is 20.4. The van der Waals surface area contributed by atoms with Gasteiger partial charge in [-0.05, 0) is 18.2 Å². The number of alkyl halides is 3. The Morgan fingerprint density at radius 2 is 1.67 bits per heavy atom. The maximum atomic E-state index is 13.5. The molecular formula is C14H6Cl2F3N3O5. The van der Waals surface area contributed by atoms with Crippen LogP contribution in [0.25, 0.3) is 0 Å². The summed E-state index contributed by atoms with van der Waals surface area (Å²) in [6, 6.07) is 3.81. The van der Waals surface area contributed by atoms with E-state index in [2.05, 4.69) is 0 Å². The zero-order valence-corrected chi connectivity index (χ0v) is 14.2. The number of non-ortho nitro benzene ring substituents is 1. The van der Waals surface area contributed by atoms with Crippen LogP contribution in [0, 0.1) is 20.2 Å². The van der Waals surface area contributed by atoms with Crippen molar-refractivity contribution in [3.8, 4) is 0 Å². The summed E-state index contributed by atoms with van der Waals surface area (Å²) in [4.78, 5) is 31.5. The number of rotatable bonds is 5. The first-order valence-corrected chi connectivity index (χ1v) is 7.46. The maximum Gasteiger partial charge on any atom is 0.418 e. The van der Waals surface area contributed by atoms with Crippen molar-refractivity contribution in [2.24, 2.45) is 0 Å². The number of anilines is 2. The Labute approximate surface area is 158 Å². The number of halogens is 5. The monoisotopic (exact) mass is 423 g/mol. The lowest BCUT2D eigenvalue weighted by Gasteiger charge is -2.22. The quantitative estimate of drug-likeness (QED) is 0.376. The van der Waals surface area contributed by atoms with E-state index in [1.165, 1.54) is 6.07 Å². The zero-order valence-electron chi connectivity index (χ0n) is 12.7. The first-order chi connectivity index (χ1) is 12.5. The summed E-state index contributed by atoms with van der Waals surface area (Å²) in [5, 5.41) is 22.0. The number of amides is 1. The molecule has 0 bridgehead atoms. The van der Waals surface area contributed by atoms with Gasteiger partial charge in [-0.15, -0.1) is 0 Å². The van der Waals surface area contributed by atoms with Gasteiger partial charge in [-0.2, -0.15) is 13.2 Å². The van der Waals surface area contributed by atoms with Gasteiger partial charge in [0.25, 0.3) is 5.69 Å². The van der Waals surface area contributed by atoms with Crippen molar-refractivity contribution in [2.45, 2.75) is 6.18 Å². The number of benzene rings is 2. The number of carbonyl (C=O) groups is 1. The molecule has 0 heterocycles. The average molecular weight is 424 g/mol. The van der Waals surface area contributed by atoms with Crippen molar-refractivity contribution in [3.05, 3.63) is 66.2 Å². The van der Waals surface area contributed by atoms with Crippen LogP contribution in [0.4, 0.5) is 35.9 Å². The van der Waals surface area contributed by atoms with Gasteiger partial charge in [0.15, 0.2) is 0 Å². The molecule has 8 nitrogen and oxygen atoms in total. The Bertz CT molecular complexity index is 952. The van der Waals surface area contributed by atoms with Crippen LogP contribution in [0.3, 0.4) is 0 Å². The lowest BCUT2D eigenvalue weighted by Crippen LogP contribution is -2.21. The van der Waals surface area contributed by atoms with Crippen molar-refractivity contribution >= 4 is 52.4 Å². The number of hydrogen-bond acceptors (Lipinski definition) is 5. The van der Waals surface area contributed by atoms with Crippen molar-refractivity contribution in [2.75, 3.05) is 4.90 Å². The third-order valence-corrected chi connectivity index (χ3v) is 3.84. The molecule has 0 N–H and O–H groups in total. The normalized spacial score (nSPS) is 11.1. The van der Waals surface area contributed by atoms with Crippen molar-refractivity contribution in [3.63, 3.8) is 0 Å². The molecule has 0 fully saturated rings. The molecule has 2 aromatic rings. The highest BCUT2D eigenvalue weighted by molar-refractivity contribution is 6.36. The lowest BCUT2D eigenvalue weighted by atomic mass is 10.1. The molecule has 0 atom stereocenters. The molecule has 0 spiro atoms. The molecule has 2 rings (SSSR count). The molecule has 0 radical (unpaired) electrons. The highest BCUT2D eigenvalue weighted by Gasteiger charge is 2.42. The van der Waals surface area contributed by atoms with Gasteiger partial charge in [-0.1, -0.05) is 23.2 Å². The minimum Gasteiger partial charge on any atom is -0.278 e. The number of hydrogen-bond donors (Lipinski definition) is 0. The highest BCUT2D eigenvalue weighted by Crippen LogP contribution is 2.47. The molecule has 0 aliphatic heterocycles. The van der Waals surface area contributed by atoms with Crippen LogP contribution in [0.2, 0.25) is 10.0 Å². The Kier molecular flexibility index (Phi) is 5.56. The second kappa shape index (κ2) is 7.37. The van der Waals surface area contributed by atoms with E-state index in [0.29, 0.717) is 6.07 Å². The molecule has 13 heteroatoms. The van der Waals surface area contributed by atoms with Gasteiger partial charge >= 0.3 is 11.9 Å². The largest absolute Gasteiger partial charge is 0.418 e.